The van der Waals surface area contributed by atoms with Crippen LogP contribution in [0.25, 0.3) is 10.2 Å². The van der Waals surface area contributed by atoms with Crippen molar-refractivity contribution in [2.75, 3.05) is 11.5 Å². The van der Waals surface area contributed by atoms with Gasteiger partial charge in [-0.1, -0.05) is 47.7 Å². The molecule has 1 heterocycles. The van der Waals surface area contributed by atoms with Crippen molar-refractivity contribution in [3.05, 3.63) is 89.0 Å². The number of ether oxygens (including phenoxy) is 1. The minimum Gasteiger partial charge on any atom is -0.484 e. The van der Waals surface area contributed by atoms with E-state index in [1.807, 2.05) is 30.3 Å². The molecule has 0 aliphatic rings. The number of thiazole rings is 1. The van der Waals surface area contributed by atoms with Gasteiger partial charge in [0.2, 0.25) is 0 Å². The van der Waals surface area contributed by atoms with Crippen molar-refractivity contribution in [3.8, 4) is 11.8 Å². The predicted octanol–water partition coefficient (Wildman–Crippen LogP) is 5.40. The molecule has 154 valence electrons. The lowest BCUT2D eigenvalue weighted by molar-refractivity contribution is -0.120. The molecule has 3 aromatic carbocycles. The second kappa shape index (κ2) is 8.99. The van der Waals surface area contributed by atoms with Crippen LogP contribution in [0.4, 0.5) is 5.13 Å². The first kappa shape index (κ1) is 20.6. The fourth-order valence-corrected chi connectivity index (χ4v) is 4.25. The number of fused-ring (bicyclic) bond motifs is 1. The third kappa shape index (κ3) is 4.57. The highest BCUT2D eigenvalue weighted by atomic mass is 32.1. The Labute approximate surface area is 185 Å². The molecule has 6 heteroatoms. The zero-order chi connectivity index (χ0) is 21.8. The average Bonchev–Trinajstić information content (AvgIpc) is 3.24. The van der Waals surface area contributed by atoms with Gasteiger partial charge >= 0.3 is 0 Å². The van der Waals surface area contributed by atoms with Gasteiger partial charge in [0.15, 0.2) is 11.7 Å². The summed E-state index contributed by atoms with van der Waals surface area (Å²) in [5.41, 5.74) is 4.79. The van der Waals surface area contributed by atoms with Crippen LogP contribution in [0.1, 0.15) is 22.3 Å². The molecule has 4 aromatic rings. The molecule has 0 aliphatic heterocycles. The molecule has 5 nitrogen and oxygen atoms in total. The lowest BCUT2D eigenvalue weighted by Gasteiger charge is -2.20. The highest BCUT2D eigenvalue weighted by Gasteiger charge is 2.21. The van der Waals surface area contributed by atoms with Crippen molar-refractivity contribution in [3.63, 3.8) is 0 Å². The van der Waals surface area contributed by atoms with Crippen LogP contribution in [0.2, 0.25) is 0 Å². The Bertz CT molecular complexity index is 1260. The number of nitrogens with zero attached hydrogens (tertiary/aromatic N) is 3. The van der Waals surface area contributed by atoms with Crippen molar-refractivity contribution < 1.29 is 9.53 Å². The van der Waals surface area contributed by atoms with E-state index < -0.39 is 0 Å². The second-order valence-electron chi connectivity index (χ2n) is 7.24. The Hall–Kier alpha value is -3.69. The SMILES string of the molecule is Cc1ccc2sc(N(Cc3ccccc3)C(=O)COc3ccc(C#N)cc3)nc2c1C. The molecule has 0 unspecified atom stereocenters. The lowest BCUT2D eigenvalue weighted by atomic mass is 10.1. The Morgan fingerprint density at radius 3 is 2.52 bits per heavy atom. The molecule has 0 spiro atoms. The zero-order valence-corrected chi connectivity index (χ0v) is 18.1. The molecule has 0 radical (unpaired) electrons. The van der Waals surface area contributed by atoms with E-state index in [-0.39, 0.29) is 12.5 Å². The van der Waals surface area contributed by atoms with E-state index in [0.29, 0.717) is 23.0 Å². The van der Waals surface area contributed by atoms with Crippen molar-refractivity contribution in [2.45, 2.75) is 20.4 Å². The summed E-state index contributed by atoms with van der Waals surface area (Å²) in [4.78, 5) is 19.7. The number of anilines is 1. The zero-order valence-electron chi connectivity index (χ0n) is 17.3. The summed E-state index contributed by atoms with van der Waals surface area (Å²) in [6, 6.07) is 22.8. The summed E-state index contributed by atoms with van der Waals surface area (Å²) in [6.45, 7) is 4.41. The van der Waals surface area contributed by atoms with Gasteiger partial charge in [-0.25, -0.2) is 4.98 Å². The first-order valence-corrected chi connectivity index (χ1v) is 10.7. The summed E-state index contributed by atoms with van der Waals surface area (Å²) in [7, 11) is 0. The van der Waals surface area contributed by atoms with Crippen molar-refractivity contribution in [1.29, 1.82) is 5.26 Å². The van der Waals surface area contributed by atoms with Crippen molar-refractivity contribution in [1.82, 2.24) is 4.98 Å². The van der Waals surface area contributed by atoms with Gasteiger partial charge in [0, 0.05) is 0 Å². The predicted molar refractivity (Wildman–Crippen MR) is 123 cm³/mol. The Morgan fingerprint density at radius 2 is 1.81 bits per heavy atom. The van der Waals surface area contributed by atoms with E-state index in [0.717, 1.165) is 21.3 Å². The minimum atomic E-state index is -0.179. The minimum absolute atomic E-state index is 0.118. The maximum Gasteiger partial charge on any atom is 0.267 e. The van der Waals surface area contributed by atoms with Crippen LogP contribution in [0, 0.1) is 25.2 Å². The number of hydrogen-bond acceptors (Lipinski definition) is 5. The molecule has 0 N–H and O–H groups in total. The summed E-state index contributed by atoms with van der Waals surface area (Å²) >= 11 is 1.50. The maximum absolute atomic E-state index is 13.2. The van der Waals surface area contributed by atoms with Gasteiger partial charge in [-0.3, -0.25) is 9.69 Å². The molecule has 1 amide bonds. The van der Waals surface area contributed by atoms with Crippen molar-refractivity contribution in [2.24, 2.45) is 0 Å². The van der Waals surface area contributed by atoms with Crippen LogP contribution >= 0.6 is 11.3 Å². The van der Waals surface area contributed by atoms with Gasteiger partial charge in [-0.05, 0) is 60.9 Å². The van der Waals surface area contributed by atoms with E-state index >= 15 is 0 Å². The summed E-state index contributed by atoms with van der Waals surface area (Å²) in [6.07, 6.45) is 0. The number of hydrogen-bond donors (Lipinski definition) is 0. The largest absolute Gasteiger partial charge is 0.484 e. The summed E-state index contributed by atoms with van der Waals surface area (Å²) < 4.78 is 6.75. The molecule has 0 bridgehead atoms. The van der Waals surface area contributed by atoms with Crippen molar-refractivity contribution >= 4 is 32.6 Å². The fraction of sp³-hybridized carbons (Fsp3) is 0.160. The van der Waals surface area contributed by atoms with E-state index in [4.69, 9.17) is 15.0 Å². The second-order valence-corrected chi connectivity index (χ2v) is 8.25. The summed E-state index contributed by atoms with van der Waals surface area (Å²) in [5, 5.41) is 9.58. The molecule has 4 rings (SSSR count). The van der Waals surface area contributed by atoms with Crippen LogP contribution in [0.5, 0.6) is 5.75 Å². The van der Waals surface area contributed by atoms with Crippen LogP contribution < -0.4 is 9.64 Å². The first-order chi connectivity index (χ1) is 15.0. The molecule has 0 fully saturated rings. The van der Waals surface area contributed by atoms with Gasteiger partial charge in [0.1, 0.15) is 5.75 Å². The van der Waals surface area contributed by atoms with Crippen LogP contribution in [-0.2, 0) is 11.3 Å². The lowest BCUT2D eigenvalue weighted by Crippen LogP contribution is -2.34. The van der Waals surface area contributed by atoms with Gasteiger partial charge in [0.05, 0.1) is 28.4 Å². The number of aromatic nitrogens is 1. The Kier molecular flexibility index (Phi) is 5.96. The van der Waals surface area contributed by atoms with Gasteiger partial charge in [0.25, 0.3) is 5.91 Å². The van der Waals surface area contributed by atoms with Gasteiger partial charge in [-0.2, -0.15) is 5.26 Å². The highest BCUT2D eigenvalue weighted by molar-refractivity contribution is 7.22. The number of rotatable bonds is 6. The number of aryl methyl sites for hydroxylation is 2. The Balaban J connectivity index is 1.61. The first-order valence-electron chi connectivity index (χ1n) is 9.89. The highest BCUT2D eigenvalue weighted by Crippen LogP contribution is 2.32. The number of benzene rings is 3. The standard InChI is InChI=1S/C25H21N3O2S/c1-17-8-13-22-24(18(17)2)27-25(31-22)28(15-20-6-4-3-5-7-20)23(29)16-30-21-11-9-19(14-26)10-12-21/h3-13H,15-16H2,1-2H3. The van der Waals surface area contributed by atoms with Crippen LogP contribution in [-0.4, -0.2) is 17.5 Å². The summed E-state index contributed by atoms with van der Waals surface area (Å²) in [5.74, 6) is 0.365. The average molecular weight is 428 g/mol. The van der Waals surface area contributed by atoms with E-state index in [2.05, 4.69) is 32.0 Å². The topological polar surface area (TPSA) is 66.2 Å². The number of nitriles is 1. The molecular formula is C25H21N3O2S. The third-order valence-corrected chi connectivity index (χ3v) is 6.18. The molecule has 0 atom stereocenters. The molecular weight excluding hydrogens is 406 g/mol. The van der Waals surface area contributed by atoms with Gasteiger partial charge in [-0.15, -0.1) is 0 Å². The number of amides is 1. The normalized spacial score (nSPS) is 10.6. The van der Waals surface area contributed by atoms with E-state index in [9.17, 15) is 4.79 Å². The van der Waals surface area contributed by atoms with Crippen LogP contribution in [0.3, 0.4) is 0 Å². The smallest absolute Gasteiger partial charge is 0.267 e. The molecule has 0 saturated carbocycles. The third-order valence-electron chi connectivity index (χ3n) is 5.13. The number of carbonyl (C=O) groups is 1. The molecule has 0 saturated heterocycles. The quantitative estimate of drug-likeness (QED) is 0.413. The van der Waals surface area contributed by atoms with E-state index in [1.165, 1.54) is 16.9 Å². The van der Waals surface area contributed by atoms with Gasteiger partial charge < -0.3 is 4.74 Å². The van der Waals surface area contributed by atoms with E-state index in [1.54, 1.807) is 29.2 Å². The monoisotopic (exact) mass is 427 g/mol. The maximum atomic E-state index is 13.2. The fourth-order valence-electron chi connectivity index (χ4n) is 3.21. The molecule has 31 heavy (non-hydrogen) atoms. The van der Waals surface area contributed by atoms with Crippen LogP contribution in [0.15, 0.2) is 66.7 Å². The number of carbonyl (C=O) groups excluding carboxylic acids is 1. The molecule has 1 aromatic heterocycles. The molecule has 0 aliphatic carbocycles. The Morgan fingerprint density at radius 1 is 1.06 bits per heavy atom.